The van der Waals surface area contributed by atoms with E-state index in [1.807, 2.05) is 19.1 Å². The molecule has 0 spiro atoms. The number of rotatable bonds is 8. The smallest absolute Gasteiger partial charge is 0.341 e. The number of ether oxygens (including phenoxy) is 2. The number of hydrazone groups is 1. The first kappa shape index (κ1) is 18.0. The Hall–Kier alpha value is -3.35. The first-order valence-electron chi connectivity index (χ1n) is 7.49. The lowest BCUT2D eigenvalue weighted by Crippen LogP contribution is -2.24. The fourth-order valence-corrected chi connectivity index (χ4v) is 1.79. The third kappa shape index (κ3) is 6.74. The van der Waals surface area contributed by atoms with Crippen LogP contribution >= 0.6 is 0 Å². The first-order valence-corrected chi connectivity index (χ1v) is 7.49. The largest absolute Gasteiger partial charge is 0.484 e. The van der Waals surface area contributed by atoms with Crippen molar-refractivity contribution in [3.05, 3.63) is 59.7 Å². The molecule has 25 heavy (non-hydrogen) atoms. The molecule has 0 heterocycles. The number of hydrogen-bond donors (Lipinski definition) is 2. The van der Waals surface area contributed by atoms with Crippen molar-refractivity contribution in [3.8, 4) is 11.5 Å². The van der Waals surface area contributed by atoms with Gasteiger partial charge in [0.05, 0.1) is 6.21 Å². The molecule has 0 aliphatic heterocycles. The summed E-state index contributed by atoms with van der Waals surface area (Å²) >= 11 is 0. The highest BCUT2D eigenvalue weighted by Gasteiger charge is 2.01. The molecule has 0 bridgehead atoms. The van der Waals surface area contributed by atoms with Crippen LogP contribution in [0.25, 0.3) is 0 Å². The van der Waals surface area contributed by atoms with Crippen LogP contribution in [0.4, 0.5) is 0 Å². The van der Waals surface area contributed by atoms with Crippen LogP contribution in [0.1, 0.15) is 11.1 Å². The number of carboxylic acids is 1. The summed E-state index contributed by atoms with van der Waals surface area (Å²) in [5.74, 6) is -0.365. The van der Waals surface area contributed by atoms with Crippen molar-refractivity contribution < 1.29 is 24.2 Å². The van der Waals surface area contributed by atoms with Crippen molar-refractivity contribution in [2.45, 2.75) is 6.92 Å². The van der Waals surface area contributed by atoms with E-state index in [4.69, 9.17) is 14.6 Å². The minimum absolute atomic E-state index is 0.137. The van der Waals surface area contributed by atoms with Gasteiger partial charge >= 0.3 is 5.97 Å². The number of aryl methyl sites for hydroxylation is 1. The number of benzene rings is 2. The first-order chi connectivity index (χ1) is 12.0. The molecule has 2 aromatic carbocycles. The van der Waals surface area contributed by atoms with E-state index >= 15 is 0 Å². The van der Waals surface area contributed by atoms with Crippen LogP contribution in [-0.4, -0.2) is 36.4 Å². The molecule has 2 N–H and O–H groups in total. The minimum atomic E-state index is -1.04. The van der Waals surface area contributed by atoms with Gasteiger partial charge in [-0.1, -0.05) is 17.7 Å². The van der Waals surface area contributed by atoms with E-state index in [0.29, 0.717) is 11.5 Å². The Morgan fingerprint density at radius 3 is 2.16 bits per heavy atom. The van der Waals surface area contributed by atoms with Crippen LogP contribution in [0.2, 0.25) is 0 Å². The fraction of sp³-hybridized carbons (Fsp3) is 0.167. The fourth-order valence-electron chi connectivity index (χ4n) is 1.79. The molecule has 130 valence electrons. The van der Waals surface area contributed by atoms with Gasteiger partial charge in [-0.05, 0) is 48.9 Å². The molecule has 7 nitrogen and oxygen atoms in total. The van der Waals surface area contributed by atoms with E-state index in [-0.39, 0.29) is 12.5 Å². The number of carbonyl (C=O) groups excluding carboxylic acids is 1. The monoisotopic (exact) mass is 342 g/mol. The van der Waals surface area contributed by atoms with E-state index in [2.05, 4.69) is 10.5 Å². The number of carbonyl (C=O) groups is 2. The highest BCUT2D eigenvalue weighted by molar-refractivity contribution is 5.83. The molecule has 0 fully saturated rings. The Kier molecular flexibility index (Phi) is 6.53. The second-order valence-corrected chi connectivity index (χ2v) is 5.15. The van der Waals surface area contributed by atoms with Gasteiger partial charge in [-0.3, -0.25) is 4.79 Å². The molecule has 0 atom stereocenters. The molecule has 0 saturated heterocycles. The number of nitrogens with zero attached hydrogens (tertiary/aromatic N) is 1. The number of carboxylic acid groups (broad SMARTS) is 1. The lowest BCUT2D eigenvalue weighted by molar-refractivity contribution is -0.139. The molecule has 1 amide bonds. The van der Waals surface area contributed by atoms with Crippen molar-refractivity contribution in [2.24, 2.45) is 5.10 Å². The number of aliphatic carboxylic acids is 1. The van der Waals surface area contributed by atoms with Gasteiger partial charge in [-0.15, -0.1) is 0 Å². The standard InChI is InChI=1S/C18H18N2O5/c1-13-2-6-15(7-3-13)24-11-17(21)20-19-10-14-4-8-16(9-5-14)25-12-18(22)23/h2-10H,11-12H2,1H3,(H,20,21)(H,22,23)/b19-10-. The van der Waals surface area contributed by atoms with Crippen molar-refractivity contribution >= 4 is 18.1 Å². The number of nitrogens with one attached hydrogen (secondary N) is 1. The number of amides is 1. The average molecular weight is 342 g/mol. The molecule has 0 aliphatic rings. The Morgan fingerprint density at radius 1 is 1.00 bits per heavy atom. The van der Waals surface area contributed by atoms with E-state index in [1.165, 1.54) is 6.21 Å². The van der Waals surface area contributed by atoms with E-state index in [0.717, 1.165) is 11.1 Å². The van der Waals surface area contributed by atoms with Gasteiger partial charge in [0.1, 0.15) is 11.5 Å². The van der Waals surface area contributed by atoms with Crippen LogP contribution in [0.3, 0.4) is 0 Å². The highest BCUT2D eigenvalue weighted by Crippen LogP contribution is 2.11. The molecule has 2 rings (SSSR count). The molecule has 0 aromatic heterocycles. The maximum Gasteiger partial charge on any atom is 0.341 e. The second kappa shape index (κ2) is 9.07. The van der Waals surface area contributed by atoms with Gasteiger partial charge in [-0.25, -0.2) is 10.2 Å². The predicted octanol–water partition coefficient (Wildman–Crippen LogP) is 1.99. The zero-order chi connectivity index (χ0) is 18.1. The zero-order valence-corrected chi connectivity index (χ0v) is 13.6. The summed E-state index contributed by atoms with van der Waals surface area (Å²) in [7, 11) is 0. The van der Waals surface area contributed by atoms with Crippen molar-refractivity contribution in [1.82, 2.24) is 5.43 Å². The lowest BCUT2D eigenvalue weighted by atomic mass is 10.2. The van der Waals surface area contributed by atoms with Gasteiger partial charge in [0, 0.05) is 0 Å². The second-order valence-electron chi connectivity index (χ2n) is 5.15. The normalized spacial score (nSPS) is 10.4. The van der Waals surface area contributed by atoms with Gasteiger partial charge in [0.25, 0.3) is 5.91 Å². The molecule has 7 heteroatoms. The molecular formula is C18H18N2O5. The van der Waals surface area contributed by atoms with Crippen molar-refractivity contribution in [3.63, 3.8) is 0 Å². The average Bonchev–Trinajstić information content (AvgIpc) is 2.60. The summed E-state index contributed by atoms with van der Waals surface area (Å²) in [5.41, 5.74) is 4.20. The van der Waals surface area contributed by atoms with E-state index in [9.17, 15) is 9.59 Å². The Bertz CT molecular complexity index is 739. The Morgan fingerprint density at radius 2 is 1.56 bits per heavy atom. The summed E-state index contributed by atoms with van der Waals surface area (Å²) in [6, 6.07) is 14.0. The quantitative estimate of drug-likeness (QED) is 0.565. The van der Waals surface area contributed by atoms with E-state index in [1.54, 1.807) is 36.4 Å². The van der Waals surface area contributed by atoms with Crippen LogP contribution in [0, 0.1) is 6.92 Å². The maximum absolute atomic E-state index is 11.7. The van der Waals surface area contributed by atoms with Crippen LogP contribution < -0.4 is 14.9 Å². The SMILES string of the molecule is Cc1ccc(OCC(=O)N/N=C\c2ccc(OCC(=O)O)cc2)cc1. The van der Waals surface area contributed by atoms with Crippen LogP contribution in [0.15, 0.2) is 53.6 Å². The topological polar surface area (TPSA) is 97.2 Å². The third-order valence-electron chi connectivity index (χ3n) is 3.04. The summed E-state index contributed by atoms with van der Waals surface area (Å²) in [6.45, 7) is 1.43. The van der Waals surface area contributed by atoms with Gasteiger partial charge < -0.3 is 14.6 Å². The van der Waals surface area contributed by atoms with Gasteiger partial charge in [0.15, 0.2) is 13.2 Å². The van der Waals surface area contributed by atoms with Gasteiger partial charge in [0.2, 0.25) is 0 Å². The van der Waals surface area contributed by atoms with Crippen LogP contribution in [-0.2, 0) is 9.59 Å². The number of hydrogen-bond acceptors (Lipinski definition) is 5. The molecule has 0 saturated carbocycles. The Balaban J connectivity index is 1.74. The molecule has 0 aliphatic carbocycles. The third-order valence-corrected chi connectivity index (χ3v) is 3.04. The molecule has 2 aromatic rings. The summed E-state index contributed by atoms with van der Waals surface area (Å²) < 4.78 is 10.4. The van der Waals surface area contributed by atoms with Crippen molar-refractivity contribution in [1.29, 1.82) is 0 Å². The Labute approximate surface area is 144 Å². The van der Waals surface area contributed by atoms with Crippen LogP contribution in [0.5, 0.6) is 11.5 Å². The summed E-state index contributed by atoms with van der Waals surface area (Å²) in [4.78, 5) is 22.1. The molecular weight excluding hydrogens is 324 g/mol. The summed E-state index contributed by atoms with van der Waals surface area (Å²) in [5, 5.41) is 12.4. The lowest BCUT2D eigenvalue weighted by Gasteiger charge is -2.05. The van der Waals surface area contributed by atoms with Gasteiger partial charge in [-0.2, -0.15) is 5.10 Å². The van der Waals surface area contributed by atoms with Crippen molar-refractivity contribution in [2.75, 3.05) is 13.2 Å². The highest BCUT2D eigenvalue weighted by atomic mass is 16.5. The van der Waals surface area contributed by atoms with E-state index < -0.39 is 12.6 Å². The molecule has 0 unspecified atom stereocenters. The summed E-state index contributed by atoms with van der Waals surface area (Å²) in [6.07, 6.45) is 1.46. The minimum Gasteiger partial charge on any atom is -0.484 e. The maximum atomic E-state index is 11.7. The zero-order valence-electron chi connectivity index (χ0n) is 13.6. The predicted molar refractivity (Wildman–Crippen MR) is 92.0 cm³/mol. The molecule has 0 radical (unpaired) electrons.